The maximum atomic E-state index is 13.0. The van der Waals surface area contributed by atoms with Gasteiger partial charge < -0.3 is 0 Å². The number of aromatic nitrogens is 4. The molecule has 0 bridgehead atoms. The van der Waals surface area contributed by atoms with Gasteiger partial charge in [-0.2, -0.15) is 5.26 Å². The molecular formula is C25H22N6OS. The lowest BCUT2D eigenvalue weighted by molar-refractivity contribution is -0.116. The Labute approximate surface area is 196 Å². The van der Waals surface area contributed by atoms with Gasteiger partial charge in [0.1, 0.15) is 6.54 Å². The van der Waals surface area contributed by atoms with Crippen LogP contribution in [0.3, 0.4) is 0 Å². The van der Waals surface area contributed by atoms with Crippen molar-refractivity contribution in [3.05, 3.63) is 84.2 Å². The van der Waals surface area contributed by atoms with E-state index in [1.807, 2.05) is 53.1 Å². The van der Waals surface area contributed by atoms with Crippen molar-refractivity contribution in [3.8, 4) is 23.1 Å². The Morgan fingerprint density at radius 1 is 1.03 bits per heavy atom. The number of thioether (sulfide) groups is 1. The summed E-state index contributed by atoms with van der Waals surface area (Å²) in [6.45, 7) is 4.11. The van der Waals surface area contributed by atoms with Gasteiger partial charge in [-0.05, 0) is 61.4 Å². The molecule has 8 heteroatoms. The van der Waals surface area contributed by atoms with Crippen LogP contribution in [0.15, 0.2) is 78.2 Å². The fourth-order valence-electron chi connectivity index (χ4n) is 3.36. The van der Waals surface area contributed by atoms with Crippen molar-refractivity contribution in [1.82, 2.24) is 19.7 Å². The molecule has 2 aromatic heterocycles. The number of rotatable bonds is 7. The zero-order valence-corrected chi connectivity index (χ0v) is 19.2. The van der Waals surface area contributed by atoms with Gasteiger partial charge in [0.25, 0.3) is 0 Å². The van der Waals surface area contributed by atoms with Gasteiger partial charge in [0, 0.05) is 23.6 Å². The third-order valence-corrected chi connectivity index (χ3v) is 6.16. The number of carbonyl (C=O) groups excluding carboxylic acids is 1. The van der Waals surface area contributed by atoms with Crippen molar-refractivity contribution in [2.45, 2.75) is 19.0 Å². The molecule has 1 amide bonds. The van der Waals surface area contributed by atoms with Crippen LogP contribution in [-0.4, -0.2) is 38.0 Å². The second-order valence-electron chi connectivity index (χ2n) is 7.41. The van der Waals surface area contributed by atoms with Crippen LogP contribution in [0.4, 0.5) is 5.69 Å². The third-order valence-electron chi connectivity index (χ3n) is 5.24. The first-order chi connectivity index (χ1) is 16.1. The molecule has 2 heterocycles. The van der Waals surface area contributed by atoms with E-state index in [1.54, 1.807) is 12.4 Å². The number of para-hydroxylation sites is 1. The van der Waals surface area contributed by atoms with Gasteiger partial charge in [0.05, 0.1) is 17.5 Å². The molecule has 33 heavy (non-hydrogen) atoms. The molecule has 0 fully saturated rings. The van der Waals surface area contributed by atoms with E-state index in [0.717, 1.165) is 16.8 Å². The summed E-state index contributed by atoms with van der Waals surface area (Å²) in [6.07, 6.45) is 3.43. The molecule has 0 saturated carbocycles. The molecule has 7 nitrogen and oxygen atoms in total. The Bertz CT molecular complexity index is 1300. The summed E-state index contributed by atoms with van der Waals surface area (Å²) in [5.74, 6) is 0.621. The van der Waals surface area contributed by atoms with Gasteiger partial charge in [-0.1, -0.05) is 36.0 Å². The molecule has 0 aliphatic rings. The van der Waals surface area contributed by atoms with Crippen molar-refractivity contribution in [2.24, 2.45) is 0 Å². The minimum Gasteiger partial charge on any atom is -0.298 e. The number of amides is 1. The van der Waals surface area contributed by atoms with Crippen LogP contribution in [0.5, 0.6) is 0 Å². The lowest BCUT2D eigenvalue weighted by Crippen LogP contribution is -2.32. The molecule has 0 spiro atoms. The average Bonchev–Trinajstić information content (AvgIpc) is 3.28. The van der Waals surface area contributed by atoms with Gasteiger partial charge in [-0.15, -0.1) is 10.2 Å². The summed E-state index contributed by atoms with van der Waals surface area (Å²) in [4.78, 5) is 18.6. The number of pyridine rings is 1. The Balaban J connectivity index is 1.66. The minimum atomic E-state index is -0.173. The predicted octanol–water partition coefficient (Wildman–Crippen LogP) is 4.60. The van der Waals surface area contributed by atoms with Crippen molar-refractivity contribution >= 4 is 23.4 Å². The maximum Gasteiger partial charge on any atom is 0.238 e. The quantitative estimate of drug-likeness (QED) is 0.300. The lowest BCUT2D eigenvalue weighted by Gasteiger charge is -2.19. The summed E-state index contributed by atoms with van der Waals surface area (Å²) < 4.78 is 1.96. The molecule has 0 saturated heterocycles. The molecule has 0 radical (unpaired) electrons. The Kier molecular flexibility index (Phi) is 6.81. The molecule has 2 aromatic carbocycles. The highest BCUT2D eigenvalue weighted by atomic mass is 32.2. The first-order valence-electron chi connectivity index (χ1n) is 10.4. The Hall–Kier alpha value is -3.96. The highest BCUT2D eigenvalue weighted by Crippen LogP contribution is 2.29. The summed E-state index contributed by atoms with van der Waals surface area (Å²) in [7, 11) is 0. The fraction of sp³-hybridized carbons (Fsp3) is 0.160. The first kappa shape index (κ1) is 22.2. The van der Waals surface area contributed by atoms with Crippen LogP contribution in [0.25, 0.3) is 17.1 Å². The fourth-order valence-corrected chi connectivity index (χ4v) is 4.18. The molecular weight excluding hydrogens is 432 g/mol. The van der Waals surface area contributed by atoms with Crippen LogP contribution in [0.1, 0.15) is 11.1 Å². The van der Waals surface area contributed by atoms with Crippen LogP contribution in [-0.2, 0) is 4.79 Å². The largest absolute Gasteiger partial charge is 0.298 e. The summed E-state index contributed by atoms with van der Waals surface area (Å²) in [5, 5.41) is 18.6. The summed E-state index contributed by atoms with van der Waals surface area (Å²) in [5.41, 5.74) is 4.83. The summed E-state index contributed by atoms with van der Waals surface area (Å²) in [6, 6.07) is 21.2. The molecule has 0 unspecified atom stereocenters. The Morgan fingerprint density at radius 3 is 2.48 bits per heavy atom. The maximum absolute atomic E-state index is 13.0. The zero-order valence-electron chi connectivity index (χ0n) is 18.3. The normalized spacial score (nSPS) is 10.6. The molecule has 0 aliphatic carbocycles. The predicted molar refractivity (Wildman–Crippen MR) is 129 cm³/mol. The van der Waals surface area contributed by atoms with E-state index >= 15 is 0 Å². The monoisotopic (exact) mass is 454 g/mol. The van der Waals surface area contributed by atoms with Crippen molar-refractivity contribution in [1.29, 1.82) is 5.26 Å². The van der Waals surface area contributed by atoms with Crippen LogP contribution >= 0.6 is 11.8 Å². The number of hydrogen-bond acceptors (Lipinski definition) is 6. The lowest BCUT2D eigenvalue weighted by atomic mass is 10.1. The first-order valence-corrected chi connectivity index (χ1v) is 11.4. The third kappa shape index (κ3) is 4.94. The molecule has 0 N–H and O–H groups in total. The van der Waals surface area contributed by atoms with Crippen LogP contribution in [0, 0.1) is 25.2 Å². The van der Waals surface area contributed by atoms with E-state index in [4.69, 9.17) is 0 Å². The number of nitriles is 1. The van der Waals surface area contributed by atoms with E-state index in [9.17, 15) is 10.1 Å². The zero-order chi connectivity index (χ0) is 23.2. The van der Waals surface area contributed by atoms with Gasteiger partial charge >= 0.3 is 0 Å². The number of aryl methyl sites for hydroxylation is 2. The van der Waals surface area contributed by atoms with Gasteiger partial charge in [0.15, 0.2) is 11.0 Å². The molecule has 4 rings (SSSR count). The SMILES string of the molecule is Cc1ccc(-n2c(SCC(=O)N(CC#N)c3ccccc3)nnc2-c2ccncc2)cc1C. The molecule has 4 aromatic rings. The smallest absolute Gasteiger partial charge is 0.238 e. The van der Waals surface area contributed by atoms with Gasteiger partial charge in [-0.3, -0.25) is 19.2 Å². The number of carbonyl (C=O) groups is 1. The topological polar surface area (TPSA) is 87.7 Å². The second kappa shape index (κ2) is 10.1. The van der Waals surface area contributed by atoms with Crippen LogP contribution < -0.4 is 4.90 Å². The standard InChI is InChI=1S/C25H22N6OS/c1-18-8-9-22(16-19(18)2)31-24(20-10-13-27-14-11-20)28-29-25(31)33-17-23(32)30(15-12-26)21-6-4-3-5-7-21/h3-11,13-14,16H,15,17H2,1-2H3. The number of nitrogens with zero attached hydrogens (tertiary/aromatic N) is 6. The molecule has 164 valence electrons. The number of anilines is 1. The summed E-state index contributed by atoms with van der Waals surface area (Å²) >= 11 is 1.30. The highest BCUT2D eigenvalue weighted by Gasteiger charge is 2.20. The highest BCUT2D eigenvalue weighted by molar-refractivity contribution is 7.99. The van der Waals surface area contributed by atoms with Crippen molar-refractivity contribution in [3.63, 3.8) is 0 Å². The van der Waals surface area contributed by atoms with E-state index in [0.29, 0.717) is 16.7 Å². The van der Waals surface area contributed by atoms with E-state index in [-0.39, 0.29) is 18.2 Å². The van der Waals surface area contributed by atoms with Gasteiger partial charge in [-0.25, -0.2) is 0 Å². The van der Waals surface area contributed by atoms with E-state index < -0.39 is 0 Å². The van der Waals surface area contributed by atoms with Crippen LogP contribution in [0.2, 0.25) is 0 Å². The average molecular weight is 455 g/mol. The van der Waals surface area contributed by atoms with E-state index in [1.165, 1.54) is 22.2 Å². The molecule has 0 aliphatic heterocycles. The minimum absolute atomic E-state index is 0.0183. The van der Waals surface area contributed by atoms with E-state index in [2.05, 4.69) is 47.2 Å². The van der Waals surface area contributed by atoms with Gasteiger partial charge in [0.2, 0.25) is 5.91 Å². The number of hydrogen-bond donors (Lipinski definition) is 0. The molecule has 0 atom stereocenters. The van der Waals surface area contributed by atoms with Crippen molar-refractivity contribution in [2.75, 3.05) is 17.2 Å². The van der Waals surface area contributed by atoms with Crippen molar-refractivity contribution < 1.29 is 4.79 Å². The second-order valence-corrected chi connectivity index (χ2v) is 8.35. The number of benzene rings is 2. The Morgan fingerprint density at radius 2 is 1.79 bits per heavy atom.